The summed E-state index contributed by atoms with van der Waals surface area (Å²) in [7, 11) is 1.29. The Morgan fingerprint density at radius 2 is 1.89 bits per heavy atom. The fourth-order valence-corrected chi connectivity index (χ4v) is 7.12. The minimum atomic E-state index is -2.24. The molecule has 0 saturated heterocycles. The highest BCUT2D eigenvalue weighted by Crippen LogP contribution is 2.29. The van der Waals surface area contributed by atoms with Crippen LogP contribution in [0.5, 0.6) is 0 Å². The maximum absolute atomic E-state index is 5.84. The lowest BCUT2D eigenvalue weighted by molar-refractivity contribution is 0.238. The SMILES string of the molecule is C=CSC(CC)[Si](Cc1ccccc1)(OC)OC. The maximum Gasteiger partial charge on any atom is 0.355 e. The van der Waals surface area contributed by atoms with E-state index in [4.69, 9.17) is 8.85 Å². The molecule has 0 amide bonds. The Hall–Kier alpha value is -0.553. The lowest BCUT2D eigenvalue weighted by Gasteiger charge is -2.33. The van der Waals surface area contributed by atoms with Gasteiger partial charge in [-0.25, -0.2) is 0 Å². The molecular weight excluding hydrogens is 260 g/mol. The van der Waals surface area contributed by atoms with E-state index in [2.05, 4.69) is 37.8 Å². The van der Waals surface area contributed by atoms with Gasteiger partial charge in [0.2, 0.25) is 0 Å². The highest BCUT2D eigenvalue weighted by Gasteiger charge is 2.43. The van der Waals surface area contributed by atoms with Crippen molar-refractivity contribution in [3.05, 3.63) is 47.9 Å². The first-order chi connectivity index (χ1) is 8.72. The molecule has 18 heavy (non-hydrogen) atoms. The van der Waals surface area contributed by atoms with Crippen molar-refractivity contribution in [3.63, 3.8) is 0 Å². The van der Waals surface area contributed by atoms with Crippen molar-refractivity contribution in [2.45, 2.75) is 24.3 Å². The van der Waals surface area contributed by atoms with Gasteiger partial charge in [0.1, 0.15) is 0 Å². The van der Waals surface area contributed by atoms with Crippen LogP contribution in [0.25, 0.3) is 0 Å². The highest BCUT2D eigenvalue weighted by atomic mass is 32.2. The molecule has 0 aromatic heterocycles. The van der Waals surface area contributed by atoms with Gasteiger partial charge in [-0.2, -0.15) is 0 Å². The third-order valence-corrected chi connectivity index (χ3v) is 9.12. The summed E-state index contributed by atoms with van der Waals surface area (Å²) in [4.78, 5) is 0.366. The van der Waals surface area contributed by atoms with Crippen LogP contribution in [0.1, 0.15) is 18.9 Å². The molecule has 0 aliphatic carbocycles. The average Bonchev–Trinajstić information content (AvgIpc) is 2.43. The largest absolute Gasteiger partial charge is 0.397 e. The summed E-state index contributed by atoms with van der Waals surface area (Å²) in [6.07, 6.45) is 1.03. The van der Waals surface area contributed by atoms with Crippen LogP contribution < -0.4 is 0 Å². The van der Waals surface area contributed by atoms with Gasteiger partial charge in [-0.15, -0.1) is 11.8 Å². The second-order valence-corrected chi connectivity index (χ2v) is 9.17. The van der Waals surface area contributed by atoms with Crippen LogP contribution in [0, 0.1) is 0 Å². The highest BCUT2D eigenvalue weighted by molar-refractivity contribution is 8.04. The van der Waals surface area contributed by atoms with E-state index < -0.39 is 8.56 Å². The third kappa shape index (κ3) is 3.72. The molecule has 1 unspecified atom stereocenters. The van der Waals surface area contributed by atoms with Crippen molar-refractivity contribution in [3.8, 4) is 0 Å². The van der Waals surface area contributed by atoms with Crippen molar-refractivity contribution in [2.24, 2.45) is 0 Å². The van der Waals surface area contributed by atoms with E-state index in [0.717, 1.165) is 12.5 Å². The monoisotopic (exact) mass is 282 g/mol. The Kier molecular flexibility index (Phi) is 6.71. The number of benzene rings is 1. The van der Waals surface area contributed by atoms with E-state index in [9.17, 15) is 0 Å². The Morgan fingerprint density at radius 3 is 2.33 bits per heavy atom. The molecule has 0 N–H and O–H groups in total. The van der Waals surface area contributed by atoms with E-state index in [0.29, 0.717) is 4.87 Å². The predicted molar refractivity (Wildman–Crippen MR) is 81.8 cm³/mol. The van der Waals surface area contributed by atoms with Gasteiger partial charge in [-0.1, -0.05) is 43.8 Å². The van der Waals surface area contributed by atoms with E-state index >= 15 is 0 Å². The van der Waals surface area contributed by atoms with Gasteiger partial charge in [-0.05, 0) is 17.4 Å². The number of thioether (sulfide) groups is 1. The molecule has 1 aromatic carbocycles. The zero-order valence-electron chi connectivity index (χ0n) is 11.4. The second-order valence-electron chi connectivity index (χ2n) is 4.08. The lowest BCUT2D eigenvalue weighted by Crippen LogP contribution is -2.52. The first-order valence-electron chi connectivity index (χ1n) is 6.13. The summed E-state index contributed by atoms with van der Waals surface area (Å²) in [6.45, 7) is 5.98. The number of rotatable bonds is 8. The molecule has 1 atom stereocenters. The van der Waals surface area contributed by atoms with E-state index in [1.54, 1.807) is 26.0 Å². The van der Waals surface area contributed by atoms with E-state index in [-0.39, 0.29) is 0 Å². The van der Waals surface area contributed by atoms with Crippen molar-refractivity contribution in [1.82, 2.24) is 0 Å². The normalized spacial score (nSPS) is 13.3. The first kappa shape index (κ1) is 15.5. The molecule has 0 aliphatic heterocycles. The molecule has 0 aliphatic rings. The predicted octanol–water partition coefficient (Wildman–Crippen LogP) is 3.70. The fourth-order valence-electron chi connectivity index (χ4n) is 2.11. The van der Waals surface area contributed by atoms with E-state index in [1.807, 2.05) is 11.5 Å². The maximum atomic E-state index is 5.84. The fraction of sp³-hybridized carbons (Fsp3) is 0.429. The lowest BCUT2D eigenvalue weighted by atomic mass is 10.2. The average molecular weight is 282 g/mol. The van der Waals surface area contributed by atoms with Crippen LogP contribution in [0.3, 0.4) is 0 Å². The van der Waals surface area contributed by atoms with E-state index in [1.165, 1.54) is 5.56 Å². The molecule has 0 heterocycles. The zero-order chi connectivity index (χ0) is 13.4. The smallest absolute Gasteiger partial charge is 0.355 e. The topological polar surface area (TPSA) is 18.5 Å². The van der Waals surface area contributed by atoms with Crippen molar-refractivity contribution in [2.75, 3.05) is 14.2 Å². The molecule has 0 bridgehead atoms. The Balaban J connectivity index is 2.94. The van der Waals surface area contributed by atoms with Crippen LogP contribution in [-0.4, -0.2) is 27.7 Å². The van der Waals surface area contributed by atoms with Crippen LogP contribution in [0.15, 0.2) is 42.3 Å². The molecule has 1 rings (SSSR count). The van der Waals surface area contributed by atoms with Crippen LogP contribution in [0.2, 0.25) is 0 Å². The number of hydrogen-bond donors (Lipinski definition) is 0. The van der Waals surface area contributed by atoms with Crippen molar-refractivity contribution < 1.29 is 8.85 Å². The number of hydrogen-bond acceptors (Lipinski definition) is 3. The zero-order valence-corrected chi connectivity index (χ0v) is 13.2. The molecule has 2 nitrogen and oxygen atoms in total. The van der Waals surface area contributed by atoms with Crippen LogP contribution in [-0.2, 0) is 14.9 Å². The molecule has 100 valence electrons. The molecule has 0 spiro atoms. The van der Waals surface area contributed by atoms with Crippen molar-refractivity contribution in [1.29, 1.82) is 0 Å². The van der Waals surface area contributed by atoms with Gasteiger partial charge in [-0.3, -0.25) is 0 Å². The van der Waals surface area contributed by atoms with Gasteiger partial charge < -0.3 is 8.85 Å². The second kappa shape index (κ2) is 7.79. The summed E-state index contributed by atoms with van der Waals surface area (Å²) in [5, 5.41) is 1.89. The summed E-state index contributed by atoms with van der Waals surface area (Å²) >= 11 is 1.73. The quantitative estimate of drug-likeness (QED) is 0.677. The summed E-state index contributed by atoms with van der Waals surface area (Å²) in [5.41, 5.74) is 1.27. The molecular formula is C14H22O2SSi. The molecule has 0 fully saturated rings. The van der Waals surface area contributed by atoms with Gasteiger partial charge in [0.15, 0.2) is 0 Å². The third-order valence-electron chi connectivity index (χ3n) is 3.11. The van der Waals surface area contributed by atoms with Gasteiger partial charge in [0.25, 0.3) is 0 Å². The van der Waals surface area contributed by atoms with Gasteiger partial charge >= 0.3 is 8.56 Å². The van der Waals surface area contributed by atoms with Crippen LogP contribution >= 0.6 is 11.8 Å². The van der Waals surface area contributed by atoms with Crippen LogP contribution in [0.4, 0.5) is 0 Å². The molecule has 0 saturated carbocycles. The minimum absolute atomic E-state index is 0.366. The molecule has 0 radical (unpaired) electrons. The molecule has 1 aromatic rings. The first-order valence-corrected chi connectivity index (χ1v) is 9.17. The summed E-state index contributed by atoms with van der Waals surface area (Å²) in [6, 6.07) is 11.3. The standard InChI is InChI=1S/C14H22O2SSi/c1-5-14(17-6-2)18(15-3,16-4)12-13-10-8-7-9-11-13/h6-11,14H,2,5,12H2,1,3-4H3. The van der Waals surface area contributed by atoms with Crippen molar-refractivity contribution >= 4 is 20.3 Å². The van der Waals surface area contributed by atoms with Gasteiger partial charge in [0.05, 0.1) is 4.87 Å². The summed E-state index contributed by atoms with van der Waals surface area (Å²) < 4.78 is 11.7. The summed E-state index contributed by atoms with van der Waals surface area (Å²) in [5.74, 6) is 0. The Labute approximate surface area is 116 Å². The minimum Gasteiger partial charge on any atom is -0.397 e. The molecule has 4 heteroatoms. The van der Waals surface area contributed by atoms with Gasteiger partial charge in [0, 0.05) is 20.3 Å². The Bertz CT molecular complexity index is 352. The Morgan fingerprint density at radius 1 is 1.28 bits per heavy atom.